The number of amides is 2. The zero-order valence-corrected chi connectivity index (χ0v) is 12.5. The quantitative estimate of drug-likeness (QED) is 0.625. The van der Waals surface area contributed by atoms with Gasteiger partial charge in [-0.1, -0.05) is 6.92 Å². The van der Waals surface area contributed by atoms with Crippen molar-refractivity contribution in [3.8, 4) is 5.75 Å². The van der Waals surface area contributed by atoms with Crippen LogP contribution in [0.5, 0.6) is 5.75 Å². The van der Waals surface area contributed by atoms with E-state index in [1.165, 1.54) is 0 Å². The number of benzene rings is 1. The molecule has 0 aliphatic rings. The maximum absolute atomic E-state index is 11.6. The van der Waals surface area contributed by atoms with Crippen LogP contribution >= 0.6 is 0 Å². The first-order chi connectivity index (χ1) is 10.0. The maximum Gasteiger partial charge on any atom is 0.257 e. The molecule has 0 saturated carbocycles. The molecular formula is C15H23N3O3. The Kier molecular flexibility index (Phi) is 7.08. The molecule has 0 radical (unpaired) electrons. The lowest BCUT2D eigenvalue weighted by molar-refractivity contribution is -0.123. The molecule has 0 aliphatic heterocycles. The summed E-state index contributed by atoms with van der Waals surface area (Å²) < 4.78 is 5.29. The SMILES string of the molecule is CCC(C)NC(=O)CCNC(=O)COc1ccc(N)cc1. The lowest BCUT2D eigenvalue weighted by atomic mass is 10.2. The molecule has 116 valence electrons. The molecule has 4 N–H and O–H groups in total. The first-order valence-electron chi connectivity index (χ1n) is 7.05. The second-order valence-electron chi connectivity index (χ2n) is 4.83. The molecule has 0 fully saturated rings. The number of nitrogens with two attached hydrogens (primary N) is 1. The number of hydrogen-bond donors (Lipinski definition) is 3. The van der Waals surface area contributed by atoms with Gasteiger partial charge in [0.1, 0.15) is 5.75 Å². The van der Waals surface area contributed by atoms with E-state index in [0.717, 1.165) is 6.42 Å². The highest BCUT2D eigenvalue weighted by molar-refractivity contribution is 5.79. The average molecular weight is 293 g/mol. The maximum atomic E-state index is 11.6. The third-order valence-electron chi connectivity index (χ3n) is 2.94. The van der Waals surface area contributed by atoms with E-state index in [4.69, 9.17) is 10.5 Å². The smallest absolute Gasteiger partial charge is 0.257 e. The number of rotatable bonds is 8. The number of carbonyl (C=O) groups is 2. The number of anilines is 1. The van der Waals surface area contributed by atoms with E-state index in [0.29, 0.717) is 18.0 Å². The van der Waals surface area contributed by atoms with Gasteiger partial charge in [0, 0.05) is 24.7 Å². The molecule has 1 unspecified atom stereocenters. The first-order valence-corrected chi connectivity index (χ1v) is 7.05. The van der Waals surface area contributed by atoms with Crippen molar-refractivity contribution in [3.63, 3.8) is 0 Å². The van der Waals surface area contributed by atoms with Crippen LogP contribution in [0, 0.1) is 0 Å². The van der Waals surface area contributed by atoms with E-state index in [-0.39, 0.29) is 30.9 Å². The molecule has 1 aromatic rings. The molecule has 0 heterocycles. The minimum absolute atomic E-state index is 0.0656. The molecular weight excluding hydrogens is 270 g/mol. The lowest BCUT2D eigenvalue weighted by Gasteiger charge is -2.11. The summed E-state index contributed by atoms with van der Waals surface area (Å²) in [5.41, 5.74) is 6.19. The molecule has 6 nitrogen and oxygen atoms in total. The Morgan fingerprint density at radius 3 is 2.52 bits per heavy atom. The zero-order chi connectivity index (χ0) is 15.7. The van der Waals surface area contributed by atoms with Crippen molar-refractivity contribution in [2.45, 2.75) is 32.7 Å². The normalized spacial score (nSPS) is 11.5. The number of nitrogens with one attached hydrogen (secondary N) is 2. The Balaban J connectivity index is 2.16. The van der Waals surface area contributed by atoms with Crippen LogP contribution in [0.25, 0.3) is 0 Å². The fourth-order valence-electron chi connectivity index (χ4n) is 1.53. The minimum Gasteiger partial charge on any atom is -0.484 e. The monoisotopic (exact) mass is 293 g/mol. The minimum atomic E-state index is -0.261. The summed E-state index contributed by atoms with van der Waals surface area (Å²) in [6, 6.07) is 6.95. The second kappa shape index (κ2) is 8.84. The predicted octanol–water partition coefficient (Wildman–Crippen LogP) is 1.07. The average Bonchev–Trinajstić information content (AvgIpc) is 2.46. The lowest BCUT2D eigenvalue weighted by Crippen LogP contribution is -2.36. The van der Waals surface area contributed by atoms with Crippen LogP contribution in [0.1, 0.15) is 26.7 Å². The van der Waals surface area contributed by atoms with Gasteiger partial charge in [-0.3, -0.25) is 9.59 Å². The van der Waals surface area contributed by atoms with Crippen molar-refractivity contribution in [3.05, 3.63) is 24.3 Å². The highest BCUT2D eigenvalue weighted by Gasteiger charge is 2.07. The molecule has 0 bridgehead atoms. The summed E-state index contributed by atoms with van der Waals surface area (Å²) in [4.78, 5) is 23.1. The molecule has 1 aromatic carbocycles. The number of carbonyl (C=O) groups excluding carboxylic acids is 2. The molecule has 0 aromatic heterocycles. The molecule has 21 heavy (non-hydrogen) atoms. The van der Waals surface area contributed by atoms with E-state index < -0.39 is 0 Å². The van der Waals surface area contributed by atoms with Crippen LogP contribution in [0.3, 0.4) is 0 Å². The fraction of sp³-hybridized carbons (Fsp3) is 0.467. The van der Waals surface area contributed by atoms with Crippen molar-refractivity contribution in [2.24, 2.45) is 0 Å². The predicted molar refractivity (Wildman–Crippen MR) is 81.9 cm³/mol. The van der Waals surface area contributed by atoms with Gasteiger partial charge >= 0.3 is 0 Å². The summed E-state index contributed by atoms with van der Waals surface area (Å²) in [5, 5.41) is 5.47. The van der Waals surface area contributed by atoms with E-state index >= 15 is 0 Å². The van der Waals surface area contributed by atoms with Gasteiger partial charge in [0.2, 0.25) is 5.91 Å². The van der Waals surface area contributed by atoms with E-state index in [1.54, 1.807) is 24.3 Å². The van der Waals surface area contributed by atoms with Gasteiger partial charge in [0.05, 0.1) is 0 Å². The van der Waals surface area contributed by atoms with Crippen LogP contribution in [-0.2, 0) is 9.59 Å². The Labute approximate surface area is 125 Å². The molecule has 6 heteroatoms. The van der Waals surface area contributed by atoms with Gasteiger partial charge in [-0.05, 0) is 37.6 Å². The Morgan fingerprint density at radius 2 is 1.90 bits per heavy atom. The van der Waals surface area contributed by atoms with Crippen molar-refractivity contribution < 1.29 is 14.3 Å². The van der Waals surface area contributed by atoms with Crippen molar-refractivity contribution in [2.75, 3.05) is 18.9 Å². The Morgan fingerprint density at radius 1 is 1.24 bits per heavy atom. The fourth-order valence-corrected chi connectivity index (χ4v) is 1.53. The zero-order valence-electron chi connectivity index (χ0n) is 12.5. The molecule has 0 aliphatic carbocycles. The Hall–Kier alpha value is -2.24. The number of ether oxygens (including phenoxy) is 1. The van der Waals surface area contributed by atoms with Crippen molar-refractivity contribution in [1.82, 2.24) is 10.6 Å². The van der Waals surface area contributed by atoms with Gasteiger partial charge in [-0.15, -0.1) is 0 Å². The van der Waals surface area contributed by atoms with E-state index in [9.17, 15) is 9.59 Å². The van der Waals surface area contributed by atoms with E-state index in [1.807, 2.05) is 13.8 Å². The van der Waals surface area contributed by atoms with Gasteiger partial charge in [-0.2, -0.15) is 0 Å². The molecule has 1 rings (SSSR count). The third-order valence-corrected chi connectivity index (χ3v) is 2.94. The molecule has 1 atom stereocenters. The summed E-state index contributed by atoms with van der Waals surface area (Å²) in [6.07, 6.45) is 1.14. The summed E-state index contributed by atoms with van der Waals surface area (Å²) >= 11 is 0. The topological polar surface area (TPSA) is 93.5 Å². The third kappa shape index (κ3) is 7.20. The van der Waals surface area contributed by atoms with E-state index in [2.05, 4.69) is 10.6 Å². The van der Waals surface area contributed by atoms with Crippen molar-refractivity contribution in [1.29, 1.82) is 0 Å². The second-order valence-corrected chi connectivity index (χ2v) is 4.83. The van der Waals surface area contributed by atoms with Crippen LogP contribution in [-0.4, -0.2) is 31.0 Å². The van der Waals surface area contributed by atoms with Gasteiger partial charge < -0.3 is 21.1 Å². The number of hydrogen-bond acceptors (Lipinski definition) is 4. The Bertz CT molecular complexity index is 460. The van der Waals surface area contributed by atoms with Gasteiger partial charge in [0.15, 0.2) is 6.61 Å². The van der Waals surface area contributed by atoms with Crippen LogP contribution in [0.4, 0.5) is 5.69 Å². The summed E-state index contributed by atoms with van der Waals surface area (Å²) in [5.74, 6) is 0.251. The van der Waals surface area contributed by atoms with Crippen molar-refractivity contribution >= 4 is 17.5 Å². The van der Waals surface area contributed by atoms with Crippen LogP contribution < -0.4 is 21.1 Å². The highest BCUT2D eigenvalue weighted by atomic mass is 16.5. The largest absolute Gasteiger partial charge is 0.484 e. The standard InChI is InChI=1S/C15H23N3O3/c1-3-11(2)18-14(19)8-9-17-15(20)10-21-13-6-4-12(16)5-7-13/h4-7,11H,3,8-10,16H2,1-2H3,(H,17,20)(H,18,19). The molecule has 2 amide bonds. The van der Waals surface area contributed by atoms with Gasteiger partial charge in [0.25, 0.3) is 5.91 Å². The van der Waals surface area contributed by atoms with Crippen LogP contribution in [0.15, 0.2) is 24.3 Å². The number of nitrogen functional groups attached to an aromatic ring is 1. The highest BCUT2D eigenvalue weighted by Crippen LogP contribution is 2.12. The molecule has 0 saturated heterocycles. The first kappa shape index (κ1) is 16.8. The van der Waals surface area contributed by atoms with Gasteiger partial charge in [-0.25, -0.2) is 0 Å². The van der Waals surface area contributed by atoms with Crippen LogP contribution in [0.2, 0.25) is 0 Å². The molecule has 0 spiro atoms. The summed E-state index contributed by atoms with van der Waals surface area (Å²) in [7, 11) is 0. The summed E-state index contributed by atoms with van der Waals surface area (Å²) in [6.45, 7) is 4.15.